The van der Waals surface area contributed by atoms with Crippen molar-refractivity contribution in [3.05, 3.63) is 0 Å². The molecule has 0 spiro atoms. The monoisotopic (exact) mass is 395 g/mol. The van der Waals surface area contributed by atoms with Gasteiger partial charge in [0.1, 0.15) is 0 Å². The fraction of sp³-hybridized carbons (Fsp3) is 0.955. The highest BCUT2D eigenvalue weighted by molar-refractivity contribution is 7.92. The highest BCUT2D eigenvalue weighted by atomic mass is 32.2. The summed E-state index contributed by atoms with van der Waals surface area (Å²) in [6.07, 6.45) is 6.86. The lowest BCUT2D eigenvalue weighted by Gasteiger charge is -2.63. The second-order valence-electron chi connectivity index (χ2n) is 10.7. The minimum atomic E-state index is -2.96. The molecule has 0 aromatic heterocycles. The molecule has 1 heterocycles. The van der Waals surface area contributed by atoms with E-state index in [1.165, 1.54) is 6.42 Å². The lowest BCUT2D eigenvalue weighted by molar-refractivity contribution is -0.164. The Hall–Kier alpha value is -0.580. The summed E-state index contributed by atoms with van der Waals surface area (Å²) in [6.45, 7) is 8.97. The van der Waals surface area contributed by atoms with Gasteiger partial charge in [0.25, 0.3) is 0 Å². The number of hydrogen-bond donors (Lipinski definition) is 0. The van der Waals surface area contributed by atoms with Crippen LogP contribution in [0, 0.1) is 34.5 Å². The summed E-state index contributed by atoms with van der Waals surface area (Å²) in [5, 5.41) is -0.135. The second-order valence-corrected chi connectivity index (χ2v) is 13.3. The van der Waals surface area contributed by atoms with E-state index in [4.69, 9.17) is 0 Å². The summed E-state index contributed by atoms with van der Waals surface area (Å²) >= 11 is 0. The minimum absolute atomic E-state index is 0.135. The maximum absolute atomic E-state index is 12.7. The van der Waals surface area contributed by atoms with E-state index in [1.54, 1.807) is 6.92 Å². The predicted molar refractivity (Wildman–Crippen MR) is 108 cm³/mol. The molecule has 3 aliphatic carbocycles. The predicted octanol–water partition coefficient (Wildman–Crippen LogP) is 3.90. The van der Waals surface area contributed by atoms with Gasteiger partial charge in [-0.15, -0.1) is 0 Å². The van der Waals surface area contributed by atoms with Crippen molar-refractivity contribution in [3.63, 3.8) is 0 Å². The molecule has 6 unspecified atom stereocenters. The van der Waals surface area contributed by atoms with Crippen molar-refractivity contribution in [2.24, 2.45) is 34.5 Å². The molecule has 154 valence electrons. The van der Waals surface area contributed by atoms with Gasteiger partial charge in [-0.3, -0.25) is 4.79 Å². The van der Waals surface area contributed by atoms with Gasteiger partial charge in [0, 0.05) is 25.3 Å². The van der Waals surface area contributed by atoms with Gasteiger partial charge in [-0.05, 0) is 73.0 Å². The van der Waals surface area contributed by atoms with Crippen molar-refractivity contribution < 1.29 is 13.2 Å². The van der Waals surface area contributed by atoms with Gasteiger partial charge < -0.3 is 4.90 Å². The number of piperidine rings is 1. The number of carbonyl (C=O) groups excluding carboxylic acids is 1. The minimum Gasteiger partial charge on any atom is -0.342 e. The van der Waals surface area contributed by atoms with E-state index < -0.39 is 9.84 Å². The second kappa shape index (κ2) is 6.21. The molecule has 1 saturated heterocycles. The number of sulfone groups is 1. The van der Waals surface area contributed by atoms with Gasteiger partial charge in [-0.25, -0.2) is 8.42 Å². The molecule has 8 atom stereocenters. The van der Waals surface area contributed by atoms with Crippen LogP contribution >= 0.6 is 0 Å². The Morgan fingerprint density at radius 2 is 1.85 bits per heavy atom. The van der Waals surface area contributed by atoms with Crippen LogP contribution in [0.15, 0.2) is 0 Å². The molecular formula is C22H37NO3S. The third kappa shape index (κ3) is 2.73. The largest absolute Gasteiger partial charge is 0.342 e. The first kappa shape index (κ1) is 19.7. The topological polar surface area (TPSA) is 54.5 Å². The van der Waals surface area contributed by atoms with Crippen LogP contribution < -0.4 is 0 Å². The van der Waals surface area contributed by atoms with Crippen LogP contribution in [-0.4, -0.2) is 43.3 Å². The average Bonchev–Trinajstić information content (AvgIpc) is 2.99. The molecule has 0 radical (unpaired) electrons. The summed E-state index contributed by atoms with van der Waals surface area (Å²) in [4.78, 5) is 14.4. The van der Waals surface area contributed by atoms with Crippen LogP contribution in [0.5, 0.6) is 0 Å². The smallest absolute Gasteiger partial charge is 0.222 e. The van der Waals surface area contributed by atoms with Crippen LogP contribution in [0.25, 0.3) is 0 Å². The average molecular weight is 396 g/mol. The Balaban J connectivity index is 1.68. The lowest BCUT2D eigenvalue weighted by atomic mass is 9.45. The molecule has 4 fully saturated rings. The molecule has 5 heteroatoms. The van der Waals surface area contributed by atoms with Crippen LogP contribution in [-0.2, 0) is 14.6 Å². The van der Waals surface area contributed by atoms with Gasteiger partial charge in [0.05, 0.1) is 5.25 Å². The van der Waals surface area contributed by atoms with Crippen LogP contribution in [0.3, 0.4) is 0 Å². The summed E-state index contributed by atoms with van der Waals surface area (Å²) in [5.74, 6) is 2.91. The quantitative estimate of drug-likeness (QED) is 0.712. The SMILES string of the molecule is CCS(=O)(=O)C1CC2C3C(C)CC4N(C)C(=O)CC[C@]4(C)C3CC[C@]2(C)C1. The first-order valence-electron chi connectivity index (χ1n) is 11.0. The maximum Gasteiger partial charge on any atom is 0.222 e. The molecule has 4 aliphatic rings. The van der Waals surface area contributed by atoms with Crippen molar-refractivity contribution in [2.45, 2.75) is 83.9 Å². The highest BCUT2D eigenvalue weighted by Crippen LogP contribution is 2.66. The first-order valence-corrected chi connectivity index (χ1v) is 12.7. The van der Waals surface area contributed by atoms with Gasteiger partial charge in [-0.2, -0.15) is 0 Å². The first-order chi connectivity index (χ1) is 12.5. The van der Waals surface area contributed by atoms with Crippen LogP contribution in [0.1, 0.15) is 72.6 Å². The van der Waals surface area contributed by atoms with Gasteiger partial charge in [-0.1, -0.05) is 27.7 Å². The summed E-state index contributed by atoms with van der Waals surface area (Å²) in [6, 6.07) is 0.357. The van der Waals surface area contributed by atoms with E-state index in [0.717, 1.165) is 32.1 Å². The zero-order valence-electron chi connectivity index (χ0n) is 17.7. The van der Waals surface area contributed by atoms with E-state index in [1.807, 2.05) is 11.9 Å². The standard InChI is InChI=1S/C22H37NO3S/c1-6-27(25,26)15-12-17-20-14(2)11-18-22(4,10-8-19(24)23(18)5)16(20)7-9-21(17,3)13-15/h14-18,20H,6-13H2,1-5H3/t14?,15?,16?,17?,18?,20?,21-,22-/m1/s1. The van der Waals surface area contributed by atoms with Gasteiger partial charge in [0.2, 0.25) is 5.91 Å². The van der Waals surface area contributed by atoms with Gasteiger partial charge >= 0.3 is 0 Å². The Labute approximate surface area is 165 Å². The zero-order chi connectivity index (χ0) is 19.8. The maximum atomic E-state index is 12.7. The molecule has 1 amide bonds. The van der Waals surface area contributed by atoms with E-state index >= 15 is 0 Å². The molecule has 0 N–H and O–H groups in total. The number of rotatable bonds is 2. The number of nitrogens with zero attached hydrogens (tertiary/aromatic N) is 1. The Morgan fingerprint density at radius 3 is 2.52 bits per heavy atom. The fourth-order valence-corrected chi connectivity index (χ4v) is 9.57. The Kier molecular flexibility index (Phi) is 4.53. The van der Waals surface area contributed by atoms with Crippen LogP contribution in [0.4, 0.5) is 0 Å². The molecule has 3 saturated carbocycles. The normalized spacial score (nSPS) is 50.1. The molecule has 4 rings (SSSR count). The van der Waals surface area contributed by atoms with E-state index in [-0.39, 0.29) is 21.8 Å². The number of fused-ring (bicyclic) bond motifs is 5. The van der Waals surface area contributed by atoms with Crippen molar-refractivity contribution >= 4 is 15.7 Å². The van der Waals surface area contributed by atoms with E-state index in [9.17, 15) is 13.2 Å². The summed E-state index contributed by atoms with van der Waals surface area (Å²) in [7, 11) is -0.953. The molecule has 0 bridgehead atoms. The van der Waals surface area contributed by atoms with Crippen molar-refractivity contribution in [1.29, 1.82) is 0 Å². The molecule has 4 nitrogen and oxygen atoms in total. The molecule has 0 aromatic rings. The van der Waals surface area contributed by atoms with Crippen LogP contribution in [0.2, 0.25) is 0 Å². The zero-order valence-corrected chi connectivity index (χ0v) is 18.5. The summed E-state index contributed by atoms with van der Waals surface area (Å²) in [5.41, 5.74) is 0.380. The third-order valence-electron chi connectivity index (χ3n) is 9.57. The van der Waals surface area contributed by atoms with Crippen molar-refractivity contribution in [1.82, 2.24) is 4.90 Å². The highest BCUT2D eigenvalue weighted by Gasteiger charge is 2.62. The molecule has 0 aromatic carbocycles. The Bertz CT molecular complexity index is 734. The third-order valence-corrected chi connectivity index (χ3v) is 11.8. The van der Waals surface area contributed by atoms with Gasteiger partial charge in [0.15, 0.2) is 9.84 Å². The van der Waals surface area contributed by atoms with E-state index in [2.05, 4.69) is 20.8 Å². The van der Waals surface area contributed by atoms with E-state index in [0.29, 0.717) is 42.0 Å². The Morgan fingerprint density at radius 1 is 1.15 bits per heavy atom. The number of hydrogen-bond acceptors (Lipinski definition) is 3. The molecule has 1 aliphatic heterocycles. The lowest BCUT2D eigenvalue weighted by Crippen LogP contribution is -2.62. The fourth-order valence-electron chi connectivity index (χ4n) is 7.97. The molecular weight excluding hydrogens is 358 g/mol. The molecule has 27 heavy (non-hydrogen) atoms. The number of likely N-dealkylation sites (tertiary alicyclic amines) is 1. The summed E-state index contributed by atoms with van der Waals surface area (Å²) < 4.78 is 25.3. The number of carbonyl (C=O) groups is 1. The van der Waals surface area contributed by atoms with Crippen molar-refractivity contribution in [2.75, 3.05) is 12.8 Å². The number of amides is 1. The van der Waals surface area contributed by atoms with Crippen molar-refractivity contribution in [3.8, 4) is 0 Å².